The van der Waals surface area contributed by atoms with Gasteiger partial charge in [0.2, 0.25) is 0 Å². The van der Waals surface area contributed by atoms with E-state index in [9.17, 15) is 33.5 Å². The van der Waals surface area contributed by atoms with Crippen molar-refractivity contribution < 1.29 is 82.8 Å². The second-order valence-corrected chi connectivity index (χ2v) is 5.73. The van der Waals surface area contributed by atoms with Gasteiger partial charge in [-0.25, -0.2) is 0 Å². The van der Waals surface area contributed by atoms with Crippen LogP contribution in [-0.2, 0) is 37.7 Å². The van der Waals surface area contributed by atoms with Gasteiger partial charge < -0.3 is 58.5 Å². The minimum atomic E-state index is -5.68. The van der Waals surface area contributed by atoms with E-state index in [4.69, 9.17) is 25.5 Å². The minimum absolute atomic E-state index is 0. The number of rotatable bonds is 7. The molecular weight excluding hydrogens is 432 g/mol. The second-order valence-electron chi connectivity index (χ2n) is 3.29. The predicted octanol–water partition coefficient (Wildman–Crippen LogP) is -7.10. The van der Waals surface area contributed by atoms with Crippen LogP contribution in [0.3, 0.4) is 0 Å². The summed E-state index contributed by atoms with van der Waals surface area (Å²) in [7, 11) is -11.4. The summed E-state index contributed by atoms with van der Waals surface area (Å²) in [5.74, 6) is -1.00. The van der Waals surface area contributed by atoms with Crippen molar-refractivity contribution in [2.45, 2.75) is 18.3 Å². The van der Waals surface area contributed by atoms with E-state index in [0.29, 0.717) is 0 Å². The molecule has 0 rings (SSSR count). The maximum atomic E-state index is 10.5. The van der Waals surface area contributed by atoms with Crippen molar-refractivity contribution in [1.29, 1.82) is 0 Å². The zero-order valence-corrected chi connectivity index (χ0v) is 17.6. The van der Waals surface area contributed by atoms with E-state index in [-0.39, 0.29) is 42.5 Å². The first-order chi connectivity index (χ1) is 9.25. The molecule has 0 heterocycles. The molecule has 23 heavy (non-hydrogen) atoms. The Balaban J connectivity index is -0.000000149. The van der Waals surface area contributed by atoms with E-state index in [1.807, 2.05) is 0 Å². The van der Waals surface area contributed by atoms with Crippen molar-refractivity contribution in [2.24, 2.45) is 0 Å². The molecular formula is C6H12MgO13P2Zn. The van der Waals surface area contributed by atoms with E-state index in [1.165, 1.54) is 0 Å². The Bertz CT molecular complexity index is 389. The van der Waals surface area contributed by atoms with Gasteiger partial charge >= 0.3 is 42.5 Å². The fraction of sp³-hybridized carbons (Fsp3) is 0.833. The summed E-state index contributed by atoms with van der Waals surface area (Å²) < 4.78 is 21.2. The molecule has 0 radical (unpaired) electrons. The molecule has 0 aromatic carbocycles. The van der Waals surface area contributed by atoms with Crippen LogP contribution in [0.2, 0.25) is 0 Å². The van der Waals surface area contributed by atoms with E-state index >= 15 is 0 Å². The predicted molar refractivity (Wildman–Crippen MR) is 59.3 cm³/mol. The van der Waals surface area contributed by atoms with Crippen LogP contribution in [-0.4, -0.2) is 85.9 Å². The van der Waals surface area contributed by atoms with Gasteiger partial charge in [-0.15, -0.1) is 0 Å². The number of ketones is 1. The second kappa shape index (κ2) is 14.3. The Labute approximate surface area is 158 Å². The Morgan fingerprint density at radius 3 is 1.52 bits per heavy atom. The van der Waals surface area contributed by atoms with Gasteiger partial charge in [-0.1, -0.05) is 0 Å². The van der Waals surface area contributed by atoms with Gasteiger partial charge in [0.05, 0.1) is 22.3 Å². The zero-order chi connectivity index (χ0) is 17.4. The molecule has 0 saturated carbocycles. The average molecular weight is 444 g/mol. The number of phosphoric acid groups is 2. The van der Waals surface area contributed by atoms with E-state index < -0.39 is 53.0 Å². The Hall–Kier alpha value is 1.12. The number of carbonyl (C=O) groups is 1. The molecule has 0 spiro atoms. The molecule has 0 aromatic rings. The van der Waals surface area contributed by atoms with E-state index in [1.54, 1.807) is 0 Å². The first-order valence-electron chi connectivity index (χ1n) is 4.79. The molecule has 0 aliphatic heterocycles. The normalized spacial score (nSPS) is 15.0. The Morgan fingerprint density at radius 2 is 1.35 bits per heavy atom. The van der Waals surface area contributed by atoms with Crippen LogP contribution in [0.5, 0.6) is 0 Å². The summed E-state index contributed by atoms with van der Waals surface area (Å²) in [6.07, 6.45) is -5.22. The fourth-order valence-electron chi connectivity index (χ4n) is 0.725. The van der Waals surface area contributed by atoms with Crippen LogP contribution >= 0.6 is 15.6 Å². The minimum Gasteiger partial charge on any atom is -0.790 e. The van der Waals surface area contributed by atoms with Crippen molar-refractivity contribution in [2.75, 3.05) is 13.2 Å². The van der Waals surface area contributed by atoms with Crippen LogP contribution in [0.4, 0.5) is 0 Å². The smallest absolute Gasteiger partial charge is 0.790 e. The third-order valence-electron chi connectivity index (χ3n) is 1.59. The average Bonchev–Trinajstić information content (AvgIpc) is 2.31. The summed E-state index contributed by atoms with van der Waals surface area (Å²) in [5.41, 5.74) is 0. The molecule has 128 valence electrons. The maximum absolute atomic E-state index is 10.5. The topological polar surface area (TPSA) is 254 Å². The van der Waals surface area contributed by atoms with E-state index in [0.717, 1.165) is 0 Å². The van der Waals surface area contributed by atoms with Gasteiger partial charge in [-0.3, -0.25) is 4.79 Å². The summed E-state index contributed by atoms with van der Waals surface area (Å²) in [4.78, 5) is 47.8. The molecule has 0 amide bonds. The number of Topliss-reactive ketones (excluding diaryl/α,β-unsaturated/α-hetero) is 1. The number of aliphatic hydroxyl groups is 5. The number of hydrogen-bond donors (Lipinski definition) is 5. The molecule has 0 aliphatic carbocycles. The summed E-state index contributed by atoms with van der Waals surface area (Å²) >= 11 is 0. The maximum Gasteiger partial charge on any atom is 2.00 e. The van der Waals surface area contributed by atoms with Crippen molar-refractivity contribution in [1.82, 2.24) is 0 Å². The molecule has 0 bridgehead atoms. The third-order valence-corrected chi connectivity index (χ3v) is 3.19. The molecule has 5 N–H and O–H groups in total. The molecule has 0 saturated heterocycles. The SMILES string of the molecule is O=C(CO)C(O)C(O)C(O)CO.O=P([O-])([O-])OP(=O)([O-])[O-].[Mg+2].[Zn+2]. The number of aliphatic hydroxyl groups excluding tert-OH is 5. The fourth-order valence-corrected chi connectivity index (χ4v) is 1.70. The van der Waals surface area contributed by atoms with Crippen LogP contribution in [0.25, 0.3) is 0 Å². The number of carbonyl (C=O) groups excluding carboxylic acids is 1. The van der Waals surface area contributed by atoms with Crippen molar-refractivity contribution in [3.63, 3.8) is 0 Å². The van der Waals surface area contributed by atoms with Gasteiger partial charge in [-0.2, -0.15) is 0 Å². The van der Waals surface area contributed by atoms with Gasteiger partial charge in [0.1, 0.15) is 24.9 Å². The van der Waals surface area contributed by atoms with Gasteiger partial charge in [0, 0.05) is 0 Å². The quantitative estimate of drug-likeness (QED) is 0.181. The molecule has 0 aliphatic rings. The molecule has 3 atom stereocenters. The van der Waals surface area contributed by atoms with Crippen LogP contribution in [0, 0.1) is 0 Å². The third kappa shape index (κ3) is 19.3. The largest absolute Gasteiger partial charge is 2.00 e. The molecule has 0 fully saturated rings. The van der Waals surface area contributed by atoms with E-state index in [2.05, 4.69) is 4.31 Å². The summed E-state index contributed by atoms with van der Waals surface area (Å²) in [5, 5.41) is 43.1. The summed E-state index contributed by atoms with van der Waals surface area (Å²) in [6.45, 7) is -1.69. The molecule has 17 heteroatoms. The van der Waals surface area contributed by atoms with Crippen molar-refractivity contribution >= 4 is 44.5 Å². The molecule has 0 aromatic heterocycles. The first kappa shape index (κ1) is 31.8. The van der Waals surface area contributed by atoms with Crippen LogP contribution < -0.4 is 19.6 Å². The Kier molecular flexibility index (Phi) is 19.8. The first-order valence-corrected chi connectivity index (χ1v) is 7.71. The van der Waals surface area contributed by atoms with Crippen molar-refractivity contribution in [3.8, 4) is 0 Å². The van der Waals surface area contributed by atoms with Gasteiger partial charge in [0.25, 0.3) is 0 Å². The van der Waals surface area contributed by atoms with Gasteiger partial charge in [0.15, 0.2) is 5.78 Å². The monoisotopic (exact) mass is 442 g/mol. The molecule has 13 nitrogen and oxygen atoms in total. The zero-order valence-electron chi connectivity index (χ0n) is 11.5. The van der Waals surface area contributed by atoms with Crippen molar-refractivity contribution in [3.05, 3.63) is 0 Å². The Morgan fingerprint density at radius 1 is 1.00 bits per heavy atom. The van der Waals surface area contributed by atoms with Crippen LogP contribution in [0.1, 0.15) is 0 Å². The van der Waals surface area contributed by atoms with Gasteiger partial charge in [-0.05, 0) is 0 Å². The van der Waals surface area contributed by atoms with Crippen LogP contribution in [0.15, 0.2) is 0 Å². The number of hydrogen-bond acceptors (Lipinski definition) is 13. The standard InChI is InChI=1S/C6H12O6.Mg.H4O7P2.Zn/c7-1-3(9)5(11)6(12)4(10)2-8;;1-8(2,3)7-9(4,5)6;/h3,5-9,11-12H,1-2H2;;(H2,1,2,3)(H2,4,5,6);/q;+2;;+2/p-4. The molecule has 3 unspecified atom stereocenters. The summed E-state index contributed by atoms with van der Waals surface area (Å²) in [6, 6.07) is 0.